The van der Waals surface area contributed by atoms with Crippen LogP contribution in [0.4, 0.5) is 5.00 Å². The molecule has 1 aromatic heterocycles. The average Bonchev–Trinajstić information content (AvgIpc) is 2.96. The molecular weight excluding hydrogens is 472 g/mol. The first kappa shape index (κ1) is 22.2. The first-order chi connectivity index (χ1) is 13.3. The predicted molar refractivity (Wildman–Crippen MR) is 112 cm³/mol. The maximum absolute atomic E-state index is 12.3. The lowest BCUT2D eigenvalue weighted by Crippen LogP contribution is -2.21. The Kier molecular flexibility index (Phi) is 7.85. The summed E-state index contributed by atoms with van der Waals surface area (Å²) in [5, 5.41) is 5.70. The molecule has 0 saturated heterocycles. The Balaban J connectivity index is 2.20. The number of amides is 2. The van der Waals surface area contributed by atoms with Gasteiger partial charge < -0.3 is 20.1 Å². The van der Waals surface area contributed by atoms with Gasteiger partial charge in [0.05, 0.1) is 22.1 Å². The van der Waals surface area contributed by atoms with E-state index in [-0.39, 0.29) is 29.7 Å². The molecule has 0 unspecified atom stereocenters. The number of halogens is 2. The number of esters is 1. The summed E-state index contributed by atoms with van der Waals surface area (Å²) in [4.78, 5) is 37.0. The fraction of sp³-hybridized carbons (Fsp3) is 0.278. The zero-order chi connectivity index (χ0) is 20.8. The second kappa shape index (κ2) is 9.90. The lowest BCUT2D eigenvalue weighted by atomic mass is 10.1. The highest BCUT2D eigenvalue weighted by Crippen LogP contribution is 2.34. The summed E-state index contributed by atoms with van der Waals surface area (Å²) in [7, 11) is 1.49. The van der Waals surface area contributed by atoms with E-state index in [4.69, 9.17) is 21.1 Å². The van der Waals surface area contributed by atoms with E-state index in [1.54, 1.807) is 32.0 Å². The van der Waals surface area contributed by atoms with E-state index in [9.17, 15) is 14.4 Å². The van der Waals surface area contributed by atoms with E-state index < -0.39 is 11.9 Å². The van der Waals surface area contributed by atoms with Gasteiger partial charge in [0.25, 0.3) is 11.8 Å². The van der Waals surface area contributed by atoms with Crippen molar-refractivity contribution in [1.29, 1.82) is 0 Å². The van der Waals surface area contributed by atoms with Crippen LogP contribution in [0.5, 0.6) is 5.75 Å². The molecule has 0 aliphatic rings. The van der Waals surface area contributed by atoms with Crippen LogP contribution in [0.1, 0.15) is 32.5 Å². The summed E-state index contributed by atoms with van der Waals surface area (Å²) in [6, 6.07) is 5.00. The first-order valence-corrected chi connectivity index (χ1v) is 10.2. The standard InChI is InChI=1S/C18H18BrClN2O5S/c1-4-26-18(25)14-9(2)15(16(24)21-3)28-17(14)22-13(23)8-27-12-6-5-10(19)7-11(12)20/h5-7H,4,8H2,1-3H3,(H,21,24)(H,22,23). The van der Waals surface area contributed by atoms with E-state index in [0.717, 1.165) is 15.8 Å². The number of rotatable bonds is 7. The summed E-state index contributed by atoms with van der Waals surface area (Å²) >= 11 is 10.3. The number of thiophene rings is 1. The Labute approximate surface area is 179 Å². The van der Waals surface area contributed by atoms with Crippen LogP contribution < -0.4 is 15.4 Å². The van der Waals surface area contributed by atoms with Crippen molar-refractivity contribution in [2.24, 2.45) is 0 Å². The summed E-state index contributed by atoms with van der Waals surface area (Å²) in [5.74, 6) is -1.13. The number of carbonyl (C=O) groups excluding carboxylic acids is 3. The smallest absolute Gasteiger partial charge is 0.341 e. The lowest BCUT2D eigenvalue weighted by Gasteiger charge is -2.09. The highest BCUT2D eigenvalue weighted by Gasteiger charge is 2.26. The van der Waals surface area contributed by atoms with Crippen molar-refractivity contribution in [2.75, 3.05) is 25.6 Å². The minimum absolute atomic E-state index is 0.153. The Morgan fingerprint density at radius 3 is 2.61 bits per heavy atom. The van der Waals surface area contributed by atoms with Gasteiger partial charge in [-0.3, -0.25) is 9.59 Å². The molecule has 1 aromatic carbocycles. The van der Waals surface area contributed by atoms with Gasteiger partial charge in [-0.2, -0.15) is 0 Å². The van der Waals surface area contributed by atoms with Crippen molar-refractivity contribution in [3.63, 3.8) is 0 Å². The molecule has 0 fully saturated rings. The van der Waals surface area contributed by atoms with Crippen LogP contribution in [0, 0.1) is 6.92 Å². The Bertz CT molecular complexity index is 916. The molecule has 2 amide bonds. The van der Waals surface area contributed by atoms with E-state index in [1.807, 2.05) is 0 Å². The molecule has 0 aliphatic carbocycles. The first-order valence-electron chi connectivity index (χ1n) is 8.18. The third kappa shape index (κ3) is 5.24. The minimum atomic E-state index is -0.612. The Morgan fingerprint density at radius 1 is 1.29 bits per heavy atom. The number of hydrogen-bond acceptors (Lipinski definition) is 6. The Hall–Kier alpha value is -2.10. The van der Waals surface area contributed by atoms with Crippen molar-refractivity contribution < 1.29 is 23.9 Å². The van der Waals surface area contributed by atoms with Crippen molar-refractivity contribution in [1.82, 2.24) is 5.32 Å². The molecule has 2 rings (SSSR count). The SMILES string of the molecule is CCOC(=O)c1c(NC(=O)COc2ccc(Br)cc2Cl)sc(C(=O)NC)c1C. The van der Waals surface area contributed by atoms with Gasteiger partial charge in [-0.25, -0.2) is 4.79 Å². The largest absolute Gasteiger partial charge is 0.482 e. The van der Waals surface area contributed by atoms with E-state index in [1.165, 1.54) is 7.05 Å². The predicted octanol–water partition coefficient (Wildman–Crippen LogP) is 4.03. The Morgan fingerprint density at radius 2 is 2.00 bits per heavy atom. The van der Waals surface area contributed by atoms with Gasteiger partial charge >= 0.3 is 5.97 Å². The quantitative estimate of drug-likeness (QED) is 0.573. The molecule has 1 heterocycles. The zero-order valence-corrected chi connectivity index (χ0v) is 18.5. The molecule has 2 N–H and O–H groups in total. The third-order valence-corrected chi connectivity index (χ3v) is 5.56. The van der Waals surface area contributed by atoms with E-state index in [0.29, 0.717) is 21.2 Å². The number of hydrogen-bond donors (Lipinski definition) is 2. The van der Waals surface area contributed by atoms with Crippen LogP contribution in [0.15, 0.2) is 22.7 Å². The molecule has 0 atom stereocenters. The number of carbonyl (C=O) groups is 3. The second-order valence-electron chi connectivity index (χ2n) is 5.47. The summed E-state index contributed by atoms with van der Waals surface area (Å²) in [6.07, 6.45) is 0. The summed E-state index contributed by atoms with van der Waals surface area (Å²) < 4.78 is 11.3. The fourth-order valence-electron chi connectivity index (χ4n) is 2.28. The van der Waals surface area contributed by atoms with E-state index >= 15 is 0 Å². The van der Waals surface area contributed by atoms with Crippen LogP contribution in [-0.4, -0.2) is 38.0 Å². The molecule has 0 bridgehead atoms. The van der Waals surface area contributed by atoms with Gasteiger partial charge in [0.1, 0.15) is 10.8 Å². The molecule has 0 spiro atoms. The molecule has 2 aromatic rings. The number of anilines is 1. The van der Waals surface area contributed by atoms with Crippen molar-refractivity contribution in [3.05, 3.63) is 43.7 Å². The molecule has 150 valence electrons. The highest BCUT2D eigenvalue weighted by atomic mass is 79.9. The number of nitrogens with one attached hydrogen (secondary N) is 2. The van der Waals surface area contributed by atoms with Crippen molar-refractivity contribution in [3.8, 4) is 5.75 Å². The van der Waals surface area contributed by atoms with Crippen molar-refractivity contribution in [2.45, 2.75) is 13.8 Å². The van der Waals surface area contributed by atoms with Gasteiger partial charge in [-0.15, -0.1) is 11.3 Å². The second-order valence-corrected chi connectivity index (χ2v) is 7.81. The van der Waals surface area contributed by atoms with E-state index in [2.05, 4.69) is 26.6 Å². The van der Waals surface area contributed by atoms with Gasteiger partial charge in [-0.1, -0.05) is 27.5 Å². The normalized spacial score (nSPS) is 10.3. The topological polar surface area (TPSA) is 93.7 Å². The number of ether oxygens (including phenoxy) is 2. The van der Waals surface area contributed by atoms with Crippen LogP contribution in [0.25, 0.3) is 0 Å². The van der Waals surface area contributed by atoms with Gasteiger partial charge in [0, 0.05) is 11.5 Å². The third-order valence-electron chi connectivity index (χ3n) is 3.57. The molecule has 0 radical (unpaired) electrons. The zero-order valence-electron chi connectivity index (χ0n) is 15.4. The minimum Gasteiger partial charge on any atom is -0.482 e. The highest BCUT2D eigenvalue weighted by molar-refractivity contribution is 9.10. The van der Waals surface area contributed by atoms with Gasteiger partial charge in [-0.05, 0) is 37.6 Å². The fourth-order valence-corrected chi connectivity index (χ4v) is 4.16. The summed E-state index contributed by atoms with van der Waals surface area (Å²) in [6.45, 7) is 3.15. The maximum atomic E-state index is 12.3. The molecule has 0 aliphatic heterocycles. The van der Waals surface area contributed by atoms with Crippen molar-refractivity contribution >= 4 is 61.7 Å². The lowest BCUT2D eigenvalue weighted by molar-refractivity contribution is -0.118. The maximum Gasteiger partial charge on any atom is 0.341 e. The van der Waals surface area contributed by atoms with Gasteiger partial charge in [0.15, 0.2) is 6.61 Å². The molecular formula is C18H18BrClN2O5S. The van der Waals surface area contributed by atoms with Gasteiger partial charge in [0.2, 0.25) is 0 Å². The molecule has 28 heavy (non-hydrogen) atoms. The summed E-state index contributed by atoms with van der Waals surface area (Å²) in [5.41, 5.74) is 0.593. The average molecular weight is 490 g/mol. The van der Waals surface area contributed by atoms with Crippen LogP contribution in [0.3, 0.4) is 0 Å². The van der Waals surface area contributed by atoms with Crippen LogP contribution in [-0.2, 0) is 9.53 Å². The molecule has 0 saturated carbocycles. The van der Waals surface area contributed by atoms with Crippen LogP contribution in [0.2, 0.25) is 5.02 Å². The number of benzene rings is 1. The monoisotopic (exact) mass is 488 g/mol. The molecule has 7 nitrogen and oxygen atoms in total. The van der Waals surface area contributed by atoms with Crippen LogP contribution >= 0.6 is 38.9 Å². The molecule has 10 heteroatoms.